The summed E-state index contributed by atoms with van der Waals surface area (Å²) in [4.78, 5) is 27.4. The molecule has 0 saturated heterocycles. The molecule has 0 aliphatic rings. The van der Waals surface area contributed by atoms with Gasteiger partial charge < -0.3 is 15.0 Å². The van der Waals surface area contributed by atoms with Gasteiger partial charge in [-0.2, -0.15) is 0 Å². The normalized spacial score (nSPS) is 11.6. The summed E-state index contributed by atoms with van der Waals surface area (Å²) in [5, 5.41) is 3.75. The van der Waals surface area contributed by atoms with Gasteiger partial charge in [0, 0.05) is 18.1 Å². The summed E-state index contributed by atoms with van der Waals surface area (Å²) in [6, 6.07) is 13.8. The number of unbranched alkanes of at least 4 members (excludes halogenated alkanes) is 1. The van der Waals surface area contributed by atoms with Crippen LogP contribution in [-0.2, 0) is 16.1 Å². The number of ether oxygens (including phenoxy) is 1. The number of rotatable bonds is 11. The van der Waals surface area contributed by atoms with Crippen molar-refractivity contribution in [2.45, 2.75) is 45.7 Å². The van der Waals surface area contributed by atoms with Gasteiger partial charge in [0.1, 0.15) is 11.8 Å². The molecule has 2 amide bonds. The van der Waals surface area contributed by atoms with E-state index in [9.17, 15) is 9.59 Å². The minimum Gasteiger partial charge on any atom is -0.482 e. The highest BCUT2D eigenvalue weighted by atomic mass is 35.5. The van der Waals surface area contributed by atoms with Crippen LogP contribution in [0.4, 0.5) is 0 Å². The maximum atomic E-state index is 13.1. The topological polar surface area (TPSA) is 58.6 Å². The average Bonchev–Trinajstić information content (AvgIpc) is 2.73. The van der Waals surface area contributed by atoms with Gasteiger partial charge in [-0.05, 0) is 36.6 Å². The molecule has 0 heterocycles. The highest BCUT2D eigenvalue weighted by Crippen LogP contribution is 2.27. The average molecular weight is 451 g/mol. The molecule has 5 nitrogen and oxygen atoms in total. The molecule has 0 spiro atoms. The van der Waals surface area contributed by atoms with Crippen LogP contribution in [0.2, 0.25) is 10.0 Å². The molecule has 2 aromatic carbocycles. The minimum atomic E-state index is -0.584. The van der Waals surface area contributed by atoms with Crippen molar-refractivity contribution >= 4 is 35.0 Å². The van der Waals surface area contributed by atoms with E-state index in [2.05, 4.69) is 12.2 Å². The first-order chi connectivity index (χ1) is 14.5. The summed E-state index contributed by atoms with van der Waals surface area (Å²) in [5.41, 5.74) is 0.940. The van der Waals surface area contributed by atoms with Crippen molar-refractivity contribution in [1.82, 2.24) is 10.2 Å². The number of carbonyl (C=O) groups is 2. The largest absolute Gasteiger partial charge is 0.482 e. The molecule has 2 aromatic rings. The fourth-order valence-corrected chi connectivity index (χ4v) is 3.48. The lowest BCUT2D eigenvalue weighted by molar-refractivity contribution is -0.143. The number of nitrogens with zero attached hydrogens (tertiary/aromatic N) is 1. The lowest BCUT2D eigenvalue weighted by Gasteiger charge is -2.30. The SMILES string of the molecule is CCCCNC(=O)C(CC)N(Cc1ccccc1)C(=O)COc1ccc(Cl)cc1Cl. The Kier molecular flexibility index (Phi) is 9.98. The first-order valence-electron chi connectivity index (χ1n) is 10.1. The third-order valence-corrected chi connectivity index (χ3v) is 5.19. The standard InChI is InChI=1S/C23H28Cl2N2O3/c1-3-5-13-26-23(29)20(4-2)27(15-17-9-7-6-8-10-17)22(28)16-30-21-12-11-18(24)14-19(21)25/h6-12,14,20H,3-5,13,15-16H2,1-2H3,(H,26,29). The molecule has 0 aliphatic carbocycles. The van der Waals surface area contributed by atoms with Gasteiger partial charge in [0.2, 0.25) is 5.91 Å². The third kappa shape index (κ3) is 7.22. The number of amides is 2. The Bertz CT molecular complexity index is 830. The van der Waals surface area contributed by atoms with E-state index in [1.54, 1.807) is 23.1 Å². The van der Waals surface area contributed by atoms with Gasteiger partial charge >= 0.3 is 0 Å². The Morgan fingerprint density at radius 2 is 1.83 bits per heavy atom. The Hall–Kier alpha value is -2.24. The van der Waals surface area contributed by atoms with Crippen LogP contribution in [0.5, 0.6) is 5.75 Å². The van der Waals surface area contributed by atoms with Crippen LogP contribution in [-0.4, -0.2) is 35.9 Å². The predicted octanol–water partition coefficient (Wildman–Crippen LogP) is 5.10. The fourth-order valence-electron chi connectivity index (χ4n) is 3.02. The highest BCUT2D eigenvalue weighted by Gasteiger charge is 2.28. The number of benzene rings is 2. The zero-order chi connectivity index (χ0) is 21.9. The third-order valence-electron chi connectivity index (χ3n) is 4.66. The number of nitrogens with one attached hydrogen (secondary N) is 1. The molecule has 0 saturated carbocycles. The summed E-state index contributed by atoms with van der Waals surface area (Å²) < 4.78 is 5.63. The number of hydrogen-bond donors (Lipinski definition) is 1. The van der Waals surface area contributed by atoms with E-state index in [0.29, 0.717) is 35.3 Å². The molecule has 0 aromatic heterocycles. The highest BCUT2D eigenvalue weighted by molar-refractivity contribution is 6.35. The zero-order valence-electron chi connectivity index (χ0n) is 17.4. The van der Waals surface area contributed by atoms with E-state index in [1.807, 2.05) is 37.3 Å². The van der Waals surface area contributed by atoms with Crippen LogP contribution >= 0.6 is 23.2 Å². The van der Waals surface area contributed by atoms with E-state index in [1.165, 1.54) is 0 Å². The van der Waals surface area contributed by atoms with E-state index < -0.39 is 6.04 Å². The number of hydrogen-bond acceptors (Lipinski definition) is 3. The molecule has 30 heavy (non-hydrogen) atoms. The van der Waals surface area contributed by atoms with Crippen molar-refractivity contribution in [3.05, 3.63) is 64.1 Å². The molecule has 1 N–H and O–H groups in total. The van der Waals surface area contributed by atoms with Gasteiger partial charge in [-0.25, -0.2) is 0 Å². The molecule has 0 aliphatic heterocycles. The summed E-state index contributed by atoms with van der Waals surface area (Å²) in [7, 11) is 0. The second kappa shape index (κ2) is 12.5. The Labute approximate surface area is 188 Å². The van der Waals surface area contributed by atoms with Crippen molar-refractivity contribution in [2.24, 2.45) is 0 Å². The van der Waals surface area contributed by atoms with Gasteiger partial charge in [0.15, 0.2) is 6.61 Å². The Morgan fingerprint density at radius 3 is 2.47 bits per heavy atom. The molecule has 1 unspecified atom stereocenters. The van der Waals surface area contributed by atoms with E-state index in [4.69, 9.17) is 27.9 Å². The van der Waals surface area contributed by atoms with Gasteiger partial charge in [-0.15, -0.1) is 0 Å². The van der Waals surface area contributed by atoms with Crippen molar-refractivity contribution in [3.8, 4) is 5.75 Å². The lowest BCUT2D eigenvalue weighted by atomic mass is 10.1. The van der Waals surface area contributed by atoms with Gasteiger partial charge in [-0.1, -0.05) is 73.8 Å². The van der Waals surface area contributed by atoms with E-state index >= 15 is 0 Å². The first kappa shape index (κ1) is 24.0. The lowest BCUT2D eigenvalue weighted by Crippen LogP contribution is -2.50. The summed E-state index contributed by atoms with van der Waals surface area (Å²) in [6.45, 7) is 4.64. The van der Waals surface area contributed by atoms with Gasteiger partial charge in [0.25, 0.3) is 5.91 Å². The van der Waals surface area contributed by atoms with E-state index in [-0.39, 0.29) is 18.4 Å². The molecular weight excluding hydrogens is 423 g/mol. The van der Waals surface area contributed by atoms with Crippen LogP contribution in [0.3, 0.4) is 0 Å². The quantitative estimate of drug-likeness (QED) is 0.484. The molecule has 162 valence electrons. The summed E-state index contributed by atoms with van der Waals surface area (Å²) >= 11 is 12.0. The minimum absolute atomic E-state index is 0.153. The number of halogens is 2. The summed E-state index contributed by atoms with van der Waals surface area (Å²) in [5.74, 6) is -0.0726. The van der Waals surface area contributed by atoms with Crippen LogP contribution < -0.4 is 10.1 Å². The molecule has 7 heteroatoms. The molecular formula is C23H28Cl2N2O3. The van der Waals surface area contributed by atoms with Crippen LogP contribution in [0.25, 0.3) is 0 Å². The zero-order valence-corrected chi connectivity index (χ0v) is 18.9. The number of carbonyl (C=O) groups excluding carboxylic acids is 2. The Morgan fingerprint density at radius 1 is 1.10 bits per heavy atom. The van der Waals surface area contributed by atoms with Crippen molar-refractivity contribution in [3.63, 3.8) is 0 Å². The van der Waals surface area contributed by atoms with Gasteiger partial charge in [-0.3, -0.25) is 9.59 Å². The van der Waals surface area contributed by atoms with Crippen LogP contribution in [0.1, 0.15) is 38.7 Å². The maximum Gasteiger partial charge on any atom is 0.261 e. The smallest absolute Gasteiger partial charge is 0.261 e. The van der Waals surface area contributed by atoms with Crippen LogP contribution in [0.15, 0.2) is 48.5 Å². The first-order valence-corrected chi connectivity index (χ1v) is 10.9. The molecule has 0 bridgehead atoms. The van der Waals surface area contributed by atoms with Crippen molar-refractivity contribution in [1.29, 1.82) is 0 Å². The molecule has 1 atom stereocenters. The van der Waals surface area contributed by atoms with Crippen LogP contribution in [0, 0.1) is 0 Å². The summed E-state index contributed by atoms with van der Waals surface area (Å²) in [6.07, 6.45) is 2.38. The van der Waals surface area contributed by atoms with Crippen molar-refractivity contribution < 1.29 is 14.3 Å². The van der Waals surface area contributed by atoms with Crippen molar-refractivity contribution in [2.75, 3.05) is 13.2 Å². The second-order valence-electron chi connectivity index (χ2n) is 6.94. The second-order valence-corrected chi connectivity index (χ2v) is 7.78. The van der Waals surface area contributed by atoms with Gasteiger partial charge in [0.05, 0.1) is 5.02 Å². The fraction of sp³-hybridized carbons (Fsp3) is 0.391. The monoisotopic (exact) mass is 450 g/mol. The predicted molar refractivity (Wildman–Crippen MR) is 121 cm³/mol. The molecule has 0 fully saturated rings. The molecule has 0 radical (unpaired) electrons. The van der Waals surface area contributed by atoms with E-state index in [0.717, 1.165) is 18.4 Å². The molecule has 2 rings (SSSR count). The Balaban J connectivity index is 2.16. The maximum absolute atomic E-state index is 13.1.